The van der Waals surface area contributed by atoms with Crippen LogP contribution in [0.2, 0.25) is 0 Å². The van der Waals surface area contributed by atoms with Crippen molar-refractivity contribution in [2.45, 2.75) is 33.7 Å². The Hall–Kier alpha value is -2.62. The number of Topliss-reactive ketones (excluding diaryl/α,β-unsaturated/α-hetero) is 1. The van der Waals surface area contributed by atoms with Crippen LogP contribution in [0, 0.1) is 13.8 Å². The van der Waals surface area contributed by atoms with Gasteiger partial charge in [0, 0.05) is 16.9 Å². The number of carbonyl (C=O) groups is 2. The first kappa shape index (κ1) is 16.7. The van der Waals surface area contributed by atoms with E-state index in [-0.39, 0.29) is 17.7 Å². The molecule has 0 heterocycles. The van der Waals surface area contributed by atoms with E-state index in [0.29, 0.717) is 11.3 Å². The third-order valence-corrected chi connectivity index (χ3v) is 3.72. The van der Waals surface area contributed by atoms with Crippen LogP contribution in [0.1, 0.15) is 35.3 Å². The van der Waals surface area contributed by atoms with Gasteiger partial charge in [-0.05, 0) is 69.2 Å². The second-order valence-corrected chi connectivity index (χ2v) is 5.81. The predicted octanol–water partition coefficient (Wildman–Crippen LogP) is 3.95. The largest absolute Gasteiger partial charge is 0.374 e. The lowest BCUT2D eigenvalue weighted by molar-refractivity contribution is -0.116. The van der Waals surface area contributed by atoms with Gasteiger partial charge < -0.3 is 10.6 Å². The molecule has 0 bridgehead atoms. The monoisotopic (exact) mass is 310 g/mol. The van der Waals surface area contributed by atoms with Crippen LogP contribution >= 0.6 is 0 Å². The molecule has 0 unspecified atom stereocenters. The number of hydrogen-bond donors (Lipinski definition) is 2. The lowest BCUT2D eigenvalue weighted by Crippen LogP contribution is -2.32. The first-order valence-corrected chi connectivity index (χ1v) is 7.62. The summed E-state index contributed by atoms with van der Waals surface area (Å²) in [5.41, 5.74) is 4.50. The zero-order valence-electron chi connectivity index (χ0n) is 13.9. The number of anilines is 2. The number of carbonyl (C=O) groups excluding carboxylic acids is 2. The van der Waals surface area contributed by atoms with Gasteiger partial charge in [0.1, 0.15) is 6.04 Å². The number of benzene rings is 2. The van der Waals surface area contributed by atoms with Crippen LogP contribution < -0.4 is 10.6 Å². The van der Waals surface area contributed by atoms with E-state index in [0.717, 1.165) is 16.8 Å². The van der Waals surface area contributed by atoms with Crippen LogP contribution in [0.25, 0.3) is 0 Å². The molecule has 2 aromatic rings. The Labute approximate surface area is 136 Å². The molecule has 2 N–H and O–H groups in total. The Morgan fingerprint density at radius 3 is 2.26 bits per heavy atom. The highest BCUT2D eigenvalue weighted by Crippen LogP contribution is 2.18. The average molecular weight is 310 g/mol. The zero-order valence-corrected chi connectivity index (χ0v) is 13.9. The Balaban J connectivity index is 2.02. The summed E-state index contributed by atoms with van der Waals surface area (Å²) in [5, 5.41) is 6.08. The fraction of sp³-hybridized carbons (Fsp3) is 0.263. The molecular weight excluding hydrogens is 288 g/mol. The molecule has 0 saturated heterocycles. The summed E-state index contributed by atoms with van der Waals surface area (Å²) in [6.45, 7) is 7.36. The van der Waals surface area contributed by atoms with Crippen LogP contribution in [-0.2, 0) is 4.79 Å². The van der Waals surface area contributed by atoms with Crippen molar-refractivity contribution in [3.05, 3.63) is 59.2 Å². The van der Waals surface area contributed by atoms with E-state index in [4.69, 9.17) is 0 Å². The van der Waals surface area contributed by atoms with Crippen molar-refractivity contribution in [1.82, 2.24) is 0 Å². The van der Waals surface area contributed by atoms with Crippen molar-refractivity contribution in [2.24, 2.45) is 0 Å². The molecular formula is C19H22N2O2. The van der Waals surface area contributed by atoms with Crippen LogP contribution in [0.3, 0.4) is 0 Å². The molecule has 23 heavy (non-hydrogen) atoms. The molecule has 2 rings (SSSR count). The van der Waals surface area contributed by atoms with Crippen molar-refractivity contribution in [3.63, 3.8) is 0 Å². The van der Waals surface area contributed by atoms with E-state index in [1.54, 1.807) is 24.3 Å². The maximum Gasteiger partial charge on any atom is 0.246 e. The van der Waals surface area contributed by atoms with Gasteiger partial charge in [0.2, 0.25) is 5.91 Å². The molecule has 120 valence electrons. The summed E-state index contributed by atoms with van der Waals surface area (Å²) in [6, 6.07) is 12.6. The summed E-state index contributed by atoms with van der Waals surface area (Å²) in [7, 11) is 0. The van der Waals surface area contributed by atoms with Crippen molar-refractivity contribution in [2.75, 3.05) is 10.6 Å². The molecule has 0 spiro atoms. The van der Waals surface area contributed by atoms with Gasteiger partial charge in [0.25, 0.3) is 0 Å². The van der Waals surface area contributed by atoms with Gasteiger partial charge in [0.15, 0.2) is 5.78 Å². The lowest BCUT2D eigenvalue weighted by Gasteiger charge is -2.17. The van der Waals surface area contributed by atoms with Crippen molar-refractivity contribution < 1.29 is 9.59 Å². The van der Waals surface area contributed by atoms with Crippen molar-refractivity contribution in [3.8, 4) is 0 Å². The second-order valence-electron chi connectivity index (χ2n) is 5.81. The zero-order chi connectivity index (χ0) is 17.0. The Morgan fingerprint density at radius 2 is 1.65 bits per heavy atom. The molecule has 1 amide bonds. The number of amides is 1. The topological polar surface area (TPSA) is 58.2 Å². The molecule has 0 aliphatic carbocycles. The highest BCUT2D eigenvalue weighted by Gasteiger charge is 2.14. The maximum absolute atomic E-state index is 12.3. The molecule has 4 heteroatoms. The highest BCUT2D eigenvalue weighted by molar-refractivity contribution is 5.98. The second kappa shape index (κ2) is 7.09. The van der Waals surface area contributed by atoms with E-state index in [9.17, 15) is 9.59 Å². The molecule has 4 nitrogen and oxygen atoms in total. The Morgan fingerprint density at radius 1 is 1.00 bits per heavy atom. The van der Waals surface area contributed by atoms with Crippen molar-refractivity contribution >= 4 is 23.1 Å². The fourth-order valence-corrected chi connectivity index (χ4v) is 2.23. The quantitative estimate of drug-likeness (QED) is 0.822. The van der Waals surface area contributed by atoms with Crippen LogP contribution in [0.15, 0.2) is 42.5 Å². The van der Waals surface area contributed by atoms with E-state index in [1.807, 2.05) is 39.0 Å². The summed E-state index contributed by atoms with van der Waals surface area (Å²) in [5.74, 6) is -0.116. The normalized spacial score (nSPS) is 11.7. The minimum absolute atomic E-state index is 0.00725. The van der Waals surface area contributed by atoms with E-state index in [2.05, 4.69) is 10.6 Å². The van der Waals surface area contributed by atoms with Gasteiger partial charge in [-0.3, -0.25) is 9.59 Å². The SMILES string of the molecule is CC(=O)c1ccc(NC(=O)[C@@H](C)Nc2cc(C)ccc2C)cc1. The predicted molar refractivity (Wildman–Crippen MR) is 94.1 cm³/mol. The summed E-state index contributed by atoms with van der Waals surface area (Å²) < 4.78 is 0. The number of rotatable bonds is 5. The third-order valence-electron chi connectivity index (χ3n) is 3.72. The van der Waals surface area contributed by atoms with Gasteiger partial charge in [-0.15, -0.1) is 0 Å². The molecule has 2 aromatic carbocycles. The van der Waals surface area contributed by atoms with Crippen LogP contribution in [0.4, 0.5) is 11.4 Å². The number of nitrogens with one attached hydrogen (secondary N) is 2. The van der Waals surface area contributed by atoms with Crippen molar-refractivity contribution in [1.29, 1.82) is 0 Å². The van der Waals surface area contributed by atoms with Gasteiger partial charge in [0.05, 0.1) is 0 Å². The van der Waals surface area contributed by atoms with E-state index >= 15 is 0 Å². The molecule has 0 aromatic heterocycles. The number of ketones is 1. The highest BCUT2D eigenvalue weighted by atomic mass is 16.2. The number of aryl methyl sites for hydroxylation is 2. The standard InChI is InChI=1S/C19H22N2O2/c1-12-5-6-13(2)18(11-12)20-14(3)19(23)21-17-9-7-16(8-10-17)15(4)22/h5-11,14,20H,1-4H3,(H,21,23)/t14-/m1/s1. The van der Waals surface area contributed by atoms with Gasteiger partial charge in [-0.1, -0.05) is 12.1 Å². The molecule has 0 fully saturated rings. The first-order valence-electron chi connectivity index (χ1n) is 7.62. The van der Waals surface area contributed by atoms with Gasteiger partial charge in [-0.25, -0.2) is 0 Å². The Kier molecular flexibility index (Phi) is 5.16. The molecule has 0 saturated carbocycles. The lowest BCUT2D eigenvalue weighted by atomic mass is 10.1. The third kappa shape index (κ3) is 4.42. The van der Waals surface area contributed by atoms with Gasteiger partial charge in [-0.2, -0.15) is 0 Å². The van der Waals surface area contributed by atoms with Crippen LogP contribution in [-0.4, -0.2) is 17.7 Å². The minimum atomic E-state index is -0.372. The van der Waals surface area contributed by atoms with Crippen LogP contribution in [0.5, 0.6) is 0 Å². The fourth-order valence-electron chi connectivity index (χ4n) is 2.23. The molecule has 0 aliphatic heterocycles. The van der Waals surface area contributed by atoms with E-state index < -0.39 is 0 Å². The molecule has 0 aliphatic rings. The smallest absolute Gasteiger partial charge is 0.246 e. The number of hydrogen-bond acceptors (Lipinski definition) is 3. The minimum Gasteiger partial charge on any atom is -0.374 e. The molecule has 0 radical (unpaired) electrons. The summed E-state index contributed by atoms with van der Waals surface area (Å²) in [6.07, 6.45) is 0. The average Bonchev–Trinajstić information content (AvgIpc) is 2.51. The summed E-state index contributed by atoms with van der Waals surface area (Å²) in [4.78, 5) is 23.5. The first-order chi connectivity index (χ1) is 10.9. The van der Waals surface area contributed by atoms with E-state index in [1.165, 1.54) is 6.92 Å². The van der Waals surface area contributed by atoms with Gasteiger partial charge >= 0.3 is 0 Å². The maximum atomic E-state index is 12.3. The summed E-state index contributed by atoms with van der Waals surface area (Å²) >= 11 is 0. The Bertz CT molecular complexity index is 721. The molecule has 1 atom stereocenters.